The summed E-state index contributed by atoms with van der Waals surface area (Å²) in [6, 6.07) is 18.4. The maximum absolute atomic E-state index is 12.7. The molecule has 0 aliphatic carbocycles. The first-order chi connectivity index (χ1) is 13.3. The largest absolute Gasteiger partial charge is 0.421 e. The fourth-order valence-corrected chi connectivity index (χ4v) is 3.08. The van der Waals surface area contributed by atoms with Crippen molar-refractivity contribution in [2.45, 2.75) is 25.7 Å². The normalized spacial score (nSPS) is 16.4. The molecule has 1 atom stereocenters. The van der Waals surface area contributed by atoms with Crippen molar-refractivity contribution in [3.8, 4) is 16.9 Å². The molecule has 138 valence electrons. The van der Waals surface area contributed by atoms with E-state index in [1.165, 1.54) is 0 Å². The SMILES string of the molecule is O=C(Oc1ccccc1)c1onc(CO[C@H]2CCCN2)c1-c1ccccc1. The molecule has 0 amide bonds. The van der Waals surface area contributed by atoms with E-state index in [2.05, 4.69) is 10.5 Å². The highest BCUT2D eigenvalue weighted by Gasteiger charge is 2.26. The van der Waals surface area contributed by atoms with E-state index in [-0.39, 0.29) is 18.6 Å². The molecule has 0 unspecified atom stereocenters. The number of rotatable bonds is 6. The Morgan fingerprint density at radius 3 is 2.56 bits per heavy atom. The summed E-state index contributed by atoms with van der Waals surface area (Å²) in [6.07, 6.45) is 2.05. The highest BCUT2D eigenvalue weighted by molar-refractivity contribution is 5.96. The smallest absolute Gasteiger partial charge is 0.383 e. The summed E-state index contributed by atoms with van der Waals surface area (Å²) in [7, 11) is 0. The van der Waals surface area contributed by atoms with Gasteiger partial charge in [0.2, 0.25) is 0 Å². The second-order valence-electron chi connectivity index (χ2n) is 6.30. The summed E-state index contributed by atoms with van der Waals surface area (Å²) in [5, 5.41) is 7.36. The van der Waals surface area contributed by atoms with Gasteiger partial charge in [0, 0.05) is 0 Å². The molecule has 6 heteroatoms. The van der Waals surface area contributed by atoms with Crippen LogP contribution in [0.5, 0.6) is 5.75 Å². The Morgan fingerprint density at radius 1 is 1.11 bits per heavy atom. The first-order valence-electron chi connectivity index (χ1n) is 8.97. The third kappa shape index (κ3) is 4.07. The maximum atomic E-state index is 12.7. The van der Waals surface area contributed by atoms with Crippen molar-refractivity contribution in [1.29, 1.82) is 0 Å². The van der Waals surface area contributed by atoms with Crippen molar-refractivity contribution in [2.24, 2.45) is 0 Å². The third-order valence-corrected chi connectivity index (χ3v) is 4.40. The molecule has 27 heavy (non-hydrogen) atoms. The molecule has 0 saturated carbocycles. The van der Waals surface area contributed by atoms with Crippen molar-refractivity contribution in [3.63, 3.8) is 0 Å². The van der Waals surface area contributed by atoms with Crippen molar-refractivity contribution in [1.82, 2.24) is 10.5 Å². The minimum atomic E-state index is -0.585. The Morgan fingerprint density at radius 2 is 1.85 bits per heavy atom. The molecule has 1 N–H and O–H groups in total. The van der Waals surface area contributed by atoms with Gasteiger partial charge in [0.05, 0.1) is 12.2 Å². The molecule has 1 aromatic heterocycles. The van der Waals surface area contributed by atoms with Crippen LogP contribution in [0.4, 0.5) is 0 Å². The van der Waals surface area contributed by atoms with Gasteiger partial charge in [-0.15, -0.1) is 0 Å². The molecular weight excluding hydrogens is 344 g/mol. The minimum Gasteiger partial charge on any atom is -0.421 e. The second kappa shape index (κ2) is 8.16. The van der Waals surface area contributed by atoms with Crippen molar-refractivity contribution < 1.29 is 18.8 Å². The second-order valence-corrected chi connectivity index (χ2v) is 6.30. The lowest BCUT2D eigenvalue weighted by Crippen LogP contribution is -2.24. The molecule has 0 radical (unpaired) electrons. The van der Waals surface area contributed by atoms with Crippen LogP contribution in [0.2, 0.25) is 0 Å². The van der Waals surface area contributed by atoms with Crippen LogP contribution in [0.15, 0.2) is 65.2 Å². The number of hydrogen-bond acceptors (Lipinski definition) is 6. The predicted molar refractivity (Wildman–Crippen MR) is 99.2 cm³/mol. The van der Waals surface area contributed by atoms with Crippen molar-refractivity contribution >= 4 is 5.97 Å². The van der Waals surface area contributed by atoms with Crippen LogP contribution in [0.25, 0.3) is 11.1 Å². The lowest BCUT2D eigenvalue weighted by Gasteiger charge is -2.11. The maximum Gasteiger partial charge on any atom is 0.383 e. The fraction of sp³-hybridized carbons (Fsp3) is 0.238. The number of ether oxygens (including phenoxy) is 2. The highest BCUT2D eigenvalue weighted by atomic mass is 16.6. The van der Waals surface area contributed by atoms with Crippen LogP contribution in [-0.4, -0.2) is 23.9 Å². The molecule has 6 nitrogen and oxygen atoms in total. The van der Waals surface area contributed by atoms with Crippen LogP contribution in [0.3, 0.4) is 0 Å². The molecule has 0 bridgehead atoms. The summed E-state index contributed by atoms with van der Waals surface area (Å²) < 4.78 is 16.7. The van der Waals surface area contributed by atoms with Gasteiger partial charge in [-0.3, -0.25) is 5.32 Å². The fourth-order valence-electron chi connectivity index (χ4n) is 3.08. The Bertz CT molecular complexity index is 887. The average Bonchev–Trinajstić information content (AvgIpc) is 3.37. The number of carbonyl (C=O) groups excluding carboxylic acids is 1. The van der Waals surface area contributed by atoms with Gasteiger partial charge in [-0.05, 0) is 37.1 Å². The number of nitrogens with zero attached hydrogens (tertiary/aromatic N) is 1. The summed E-state index contributed by atoms with van der Waals surface area (Å²) in [5.41, 5.74) is 2.01. The number of hydrogen-bond donors (Lipinski definition) is 1. The van der Waals surface area contributed by atoms with Gasteiger partial charge in [-0.1, -0.05) is 53.7 Å². The summed E-state index contributed by atoms with van der Waals surface area (Å²) in [5.74, 6) is -0.0632. The molecular formula is C21H20N2O4. The average molecular weight is 364 g/mol. The van der Waals surface area contributed by atoms with Crippen LogP contribution in [0.1, 0.15) is 29.1 Å². The standard InChI is InChI=1S/C21H20N2O4/c24-21(26-16-10-5-2-6-11-16)20-19(15-8-3-1-4-9-15)17(23-27-20)14-25-18-12-7-13-22-18/h1-6,8-11,18,22H,7,12-14H2/t18-/m0/s1. The van der Waals surface area contributed by atoms with Gasteiger partial charge in [0.15, 0.2) is 0 Å². The number of benzene rings is 2. The van der Waals surface area contributed by atoms with E-state index in [9.17, 15) is 4.79 Å². The predicted octanol–water partition coefficient (Wildman–Crippen LogP) is 3.79. The van der Waals surface area contributed by atoms with Crippen LogP contribution in [0, 0.1) is 0 Å². The van der Waals surface area contributed by atoms with Crippen LogP contribution < -0.4 is 10.1 Å². The van der Waals surface area contributed by atoms with Crippen molar-refractivity contribution in [2.75, 3.05) is 6.54 Å². The van der Waals surface area contributed by atoms with Gasteiger partial charge in [0.1, 0.15) is 17.7 Å². The van der Waals surface area contributed by atoms with Crippen LogP contribution >= 0.6 is 0 Å². The molecule has 2 heterocycles. The molecule has 4 rings (SSSR count). The molecule has 1 saturated heterocycles. The monoisotopic (exact) mass is 364 g/mol. The van der Waals surface area contributed by atoms with E-state index >= 15 is 0 Å². The minimum absolute atomic E-state index is 0.00467. The molecule has 1 aliphatic heterocycles. The first kappa shape index (κ1) is 17.5. The number of nitrogens with one attached hydrogen (secondary N) is 1. The zero-order chi connectivity index (χ0) is 18.5. The number of carbonyl (C=O) groups is 1. The lowest BCUT2D eigenvalue weighted by atomic mass is 10.0. The zero-order valence-corrected chi connectivity index (χ0v) is 14.8. The number of esters is 1. The Labute approximate surface area is 157 Å². The van der Waals surface area contributed by atoms with Gasteiger partial charge in [-0.25, -0.2) is 4.79 Å². The van der Waals surface area contributed by atoms with E-state index in [1.807, 2.05) is 36.4 Å². The summed E-state index contributed by atoms with van der Waals surface area (Å²) in [6.45, 7) is 1.20. The molecule has 1 aliphatic rings. The molecule has 2 aromatic carbocycles. The van der Waals surface area contributed by atoms with Gasteiger partial charge in [0.25, 0.3) is 5.76 Å². The molecule has 0 spiro atoms. The number of para-hydroxylation sites is 1. The summed E-state index contributed by atoms with van der Waals surface area (Å²) in [4.78, 5) is 12.7. The van der Waals surface area contributed by atoms with Gasteiger partial charge in [-0.2, -0.15) is 0 Å². The summed E-state index contributed by atoms with van der Waals surface area (Å²) >= 11 is 0. The van der Waals surface area contributed by atoms with E-state index in [4.69, 9.17) is 14.0 Å². The quantitative estimate of drug-likeness (QED) is 0.530. The van der Waals surface area contributed by atoms with Gasteiger partial charge < -0.3 is 14.0 Å². The Kier molecular flexibility index (Phi) is 5.27. The van der Waals surface area contributed by atoms with Gasteiger partial charge >= 0.3 is 5.97 Å². The Balaban J connectivity index is 1.61. The van der Waals surface area contributed by atoms with E-state index in [1.54, 1.807) is 24.3 Å². The molecule has 1 fully saturated rings. The highest BCUT2D eigenvalue weighted by Crippen LogP contribution is 2.29. The van der Waals surface area contributed by atoms with Crippen LogP contribution in [-0.2, 0) is 11.3 Å². The third-order valence-electron chi connectivity index (χ3n) is 4.40. The van der Waals surface area contributed by atoms with E-state index < -0.39 is 5.97 Å². The topological polar surface area (TPSA) is 73.6 Å². The Hall–Kier alpha value is -2.96. The molecule has 3 aromatic rings. The zero-order valence-electron chi connectivity index (χ0n) is 14.8. The van der Waals surface area contributed by atoms with E-state index in [0.717, 1.165) is 24.9 Å². The van der Waals surface area contributed by atoms with Crippen molar-refractivity contribution in [3.05, 3.63) is 72.1 Å². The first-order valence-corrected chi connectivity index (χ1v) is 8.97. The van der Waals surface area contributed by atoms with E-state index in [0.29, 0.717) is 17.0 Å². The lowest BCUT2D eigenvalue weighted by molar-refractivity contribution is 0.0282. The number of aromatic nitrogens is 1.